The van der Waals surface area contributed by atoms with Gasteiger partial charge in [0.15, 0.2) is 0 Å². The fraction of sp³-hybridized carbons (Fsp3) is 0.167. The standard InChI is InChI=1S/C24H22N4O3/c1-30-20-11-9-18(10-12-20)23(17-6-3-2-4-7-17)26-21(29)13-14-22-27-24(28-31-22)19-8-5-15-25-16-19/h2-12,15-16,23H,13-14H2,1H3,(H,26,29). The number of aromatic nitrogens is 3. The van der Waals surface area contributed by atoms with Crippen LogP contribution < -0.4 is 10.1 Å². The highest BCUT2D eigenvalue weighted by molar-refractivity contribution is 5.77. The summed E-state index contributed by atoms with van der Waals surface area (Å²) < 4.78 is 10.5. The molecule has 1 atom stereocenters. The Kier molecular flexibility index (Phi) is 6.32. The number of hydrogen-bond acceptors (Lipinski definition) is 6. The van der Waals surface area contributed by atoms with E-state index in [0.717, 1.165) is 22.4 Å². The Labute approximate surface area is 180 Å². The van der Waals surface area contributed by atoms with E-state index in [0.29, 0.717) is 18.1 Å². The summed E-state index contributed by atoms with van der Waals surface area (Å²) in [5.74, 6) is 1.53. The number of carbonyl (C=O) groups excluding carboxylic acids is 1. The lowest BCUT2D eigenvalue weighted by molar-refractivity contribution is -0.121. The summed E-state index contributed by atoms with van der Waals surface area (Å²) in [6.45, 7) is 0. The topological polar surface area (TPSA) is 90.1 Å². The Bertz CT molecular complexity index is 1110. The molecule has 31 heavy (non-hydrogen) atoms. The molecule has 156 valence electrons. The second kappa shape index (κ2) is 9.67. The van der Waals surface area contributed by atoms with Crippen LogP contribution >= 0.6 is 0 Å². The molecule has 4 rings (SSSR count). The largest absolute Gasteiger partial charge is 0.497 e. The van der Waals surface area contributed by atoms with E-state index in [9.17, 15) is 4.79 Å². The average molecular weight is 414 g/mol. The van der Waals surface area contributed by atoms with Crippen molar-refractivity contribution in [2.75, 3.05) is 7.11 Å². The zero-order valence-corrected chi connectivity index (χ0v) is 17.1. The molecule has 0 aliphatic carbocycles. The molecule has 0 saturated heterocycles. The van der Waals surface area contributed by atoms with Crippen LogP contribution in [0.4, 0.5) is 0 Å². The van der Waals surface area contributed by atoms with Crippen molar-refractivity contribution < 1.29 is 14.1 Å². The Morgan fingerprint density at radius 2 is 1.81 bits per heavy atom. The second-order valence-electron chi connectivity index (χ2n) is 6.94. The normalized spacial score (nSPS) is 11.6. The first-order chi connectivity index (χ1) is 15.2. The molecule has 0 saturated carbocycles. The minimum absolute atomic E-state index is 0.106. The molecule has 2 aromatic heterocycles. The number of benzene rings is 2. The van der Waals surface area contributed by atoms with Gasteiger partial charge in [0.25, 0.3) is 0 Å². The molecule has 2 heterocycles. The van der Waals surface area contributed by atoms with Gasteiger partial charge in [-0.05, 0) is 35.4 Å². The molecule has 0 bridgehead atoms. The molecule has 1 N–H and O–H groups in total. The second-order valence-corrected chi connectivity index (χ2v) is 6.94. The summed E-state index contributed by atoms with van der Waals surface area (Å²) in [6, 6.07) is 20.9. The van der Waals surface area contributed by atoms with Crippen LogP contribution in [0.15, 0.2) is 83.6 Å². The third-order valence-electron chi connectivity index (χ3n) is 4.84. The summed E-state index contributed by atoms with van der Waals surface area (Å²) in [5.41, 5.74) is 2.74. The molecule has 0 aliphatic heterocycles. The highest BCUT2D eigenvalue weighted by Crippen LogP contribution is 2.24. The number of aryl methyl sites for hydroxylation is 1. The number of nitrogens with zero attached hydrogens (tertiary/aromatic N) is 3. The van der Waals surface area contributed by atoms with E-state index in [1.807, 2.05) is 66.7 Å². The number of carbonyl (C=O) groups is 1. The first kappa shape index (κ1) is 20.3. The molecule has 1 unspecified atom stereocenters. The Morgan fingerprint density at radius 1 is 1.03 bits per heavy atom. The van der Waals surface area contributed by atoms with E-state index < -0.39 is 0 Å². The van der Waals surface area contributed by atoms with Crippen molar-refractivity contribution in [3.63, 3.8) is 0 Å². The van der Waals surface area contributed by atoms with Crippen LogP contribution in [0.25, 0.3) is 11.4 Å². The smallest absolute Gasteiger partial charge is 0.227 e. The van der Waals surface area contributed by atoms with Gasteiger partial charge in [-0.3, -0.25) is 9.78 Å². The Balaban J connectivity index is 1.43. The number of nitrogens with one attached hydrogen (secondary N) is 1. The molecule has 0 aliphatic rings. The van der Waals surface area contributed by atoms with Crippen molar-refractivity contribution in [1.82, 2.24) is 20.4 Å². The zero-order valence-electron chi connectivity index (χ0n) is 17.1. The predicted molar refractivity (Wildman–Crippen MR) is 115 cm³/mol. The van der Waals surface area contributed by atoms with E-state index in [4.69, 9.17) is 9.26 Å². The maximum atomic E-state index is 12.7. The van der Waals surface area contributed by atoms with Gasteiger partial charge in [-0.15, -0.1) is 0 Å². The van der Waals surface area contributed by atoms with E-state index >= 15 is 0 Å². The lowest BCUT2D eigenvalue weighted by Crippen LogP contribution is -2.29. The lowest BCUT2D eigenvalue weighted by Gasteiger charge is -2.20. The highest BCUT2D eigenvalue weighted by Gasteiger charge is 2.18. The lowest BCUT2D eigenvalue weighted by atomic mass is 9.98. The predicted octanol–water partition coefficient (Wildman–Crippen LogP) is 3.98. The average Bonchev–Trinajstić information content (AvgIpc) is 3.32. The van der Waals surface area contributed by atoms with E-state index in [1.54, 1.807) is 19.5 Å². The molecule has 1 amide bonds. The van der Waals surface area contributed by atoms with Gasteiger partial charge in [-0.25, -0.2) is 0 Å². The van der Waals surface area contributed by atoms with Crippen LogP contribution in [0.1, 0.15) is 29.5 Å². The maximum Gasteiger partial charge on any atom is 0.227 e. The van der Waals surface area contributed by atoms with E-state index in [-0.39, 0.29) is 18.4 Å². The third kappa shape index (κ3) is 5.14. The van der Waals surface area contributed by atoms with E-state index in [1.165, 1.54) is 0 Å². The number of methoxy groups -OCH3 is 1. The van der Waals surface area contributed by atoms with Gasteiger partial charge in [-0.2, -0.15) is 4.98 Å². The van der Waals surface area contributed by atoms with Crippen LogP contribution in [0.3, 0.4) is 0 Å². The maximum absolute atomic E-state index is 12.7. The van der Waals surface area contributed by atoms with Crippen molar-refractivity contribution in [3.8, 4) is 17.1 Å². The number of amides is 1. The van der Waals surface area contributed by atoms with Gasteiger partial charge in [0.05, 0.1) is 13.2 Å². The van der Waals surface area contributed by atoms with Crippen LogP contribution in [0, 0.1) is 0 Å². The number of ether oxygens (including phenoxy) is 1. The number of hydrogen-bond donors (Lipinski definition) is 1. The molecule has 4 aromatic rings. The van der Waals surface area contributed by atoms with Gasteiger partial charge in [0, 0.05) is 30.8 Å². The molecule has 0 radical (unpaired) electrons. The van der Waals surface area contributed by atoms with Crippen LogP contribution in [-0.4, -0.2) is 28.1 Å². The minimum atomic E-state index is -0.270. The summed E-state index contributed by atoms with van der Waals surface area (Å²) in [5, 5.41) is 7.08. The third-order valence-corrected chi connectivity index (χ3v) is 4.84. The molecule has 0 fully saturated rings. The molecule has 2 aromatic carbocycles. The quantitative estimate of drug-likeness (QED) is 0.469. The molecular formula is C24H22N4O3. The first-order valence-corrected chi connectivity index (χ1v) is 9.94. The summed E-state index contributed by atoms with van der Waals surface area (Å²) in [6.07, 6.45) is 3.93. The Hall–Kier alpha value is -4.00. The molecule has 7 heteroatoms. The Morgan fingerprint density at radius 3 is 2.52 bits per heavy atom. The highest BCUT2D eigenvalue weighted by atomic mass is 16.5. The van der Waals surface area contributed by atoms with Crippen molar-refractivity contribution in [3.05, 3.63) is 96.1 Å². The number of rotatable bonds is 8. The zero-order chi connectivity index (χ0) is 21.5. The fourth-order valence-electron chi connectivity index (χ4n) is 3.22. The van der Waals surface area contributed by atoms with Crippen LogP contribution in [-0.2, 0) is 11.2 Å². The number of pyridine rings is 1. The van der Waals surface area contributed by atoms with E-state index in [2.05, 4.69) is 20.4 Å². The monoisotopic (exact) mass is 414 g/mol. The molecule has 7 nitrogen and oxygen atoms in total. The summed E-state index contributed by atoms with van der Waals surface area (Å²) in [4.78, 5) is 21.1. The van der Waals surface area contributed by atoms with Gasteiger partial charge < -0.3 is 14.6 Å². The summed E-state index contributed by atoms with van der Waals surface area (Å²) in [7, 11) is 1.63. The van der Waals surface area contributed by atoms with Gasteiger partial charge in [0.2, 0.25) is 17.6 Å². The van der Waals surface area contributed by atoms with Gasteiger partial charge >= 0.3 is 0 Å². The van der Waals surface area contributed by atoms with Crippen molar-refractivity contribution in [2.24, 2.45) is 0 Å². The first-order valence-electron chi connectivity index (χ1n) is 9.94. The molecule has 0 spiro atoms. The van der Waals surface area contributed by atoms with Gasteiger partial charge in [0.1, 0.15) is 5.75 Å². The minimum Gasteiger partial charge on any atom is -0.497 e. The van der Waals surface area contributed by atoms with Gasteiger partial charge in [-0.1, -0.05) is 47.6 Å². The van der Waals surface area contributed by atoms with Crippen LogP contribution in [0.5, 0.6) is 5.75 Å². The molecular weight excluding hydrogens is 392 g/mol. The van der Waals surface area contributed by atoms with Crippen molar-refractivity contribution >= 4 is 5.91 Å². The van der Waals surface area contributed by atoms with Crippen molar-refractivity contribution in [2.45, 2.75) is 18.9 Å². The SMILES string of the molecule is COc1ccc(C(NC(=O)CCc2nc(-c3cccnc3)no2)c2ccccc2)cc1. The summed E-state index contributed by atoms with van der Waals surface area (Å²) >= 11 is 0. The fourth-order valence-corrected chi connectivity index (χ4v) is 3.22. The van der Waals surface area contributed by atoms with Crippen molar-refractivity contribution in [1.29, 1.82) is 0 Å². The van der Waals surface area contributed by atoms with Crippen LogP contribution in [0.2, 0.25) is 0 Å².